The van der Waals surface area contributed by atoms with Gasteiger partial charge in [-0.05, 0) is 69.0 Å². The smallest absolute Gasteiger partial charge is 0.335 e. The summed E-state index contributed by atoms with van der Waals surface area (Å²) in [4.78, 5) is 21.2. The lowest BCUT2D eigenvalue weighted by Crippen LogP contribution is -2.25. The molecule has 0 bridgehead atoms. The Kier molecular flexibility index (Phi) is 9.50. The van der Waals surface area contributed by atoms with Gasteiger partial charge in [-0.25, -0.2) is 14.8 Å². The van der Waals surface area contributed by atoms with Crippen molar-refractivity contribution in [2.45, 2.75) is 64.6 Å². The van der Waals surface area contributed by atoms with Crippen LogP contribution < -0.4 is 9.47 Å². The van der Waals surface area contributed by atoms with Crippen molar-refractivity contribution >= 4 is 5.97 Å². The van der Waals surface area contributed by atoms with Gasteiger partial charge in [-0.1, -0.05) is 24.3 Å². The highest BCUT2D eigenvalue weighted by Gasteiger charge is 2.32. The molecule has 39 heavy (non-hydrogen) atoms. The molecule has 0 radical (unpaired) electrons. The first-order valence-corrected chi connectivity index (χ1v) is 13.1. The SMILES string of the molecule is CCOC(=O)C(O)Cc1cc(CCC2COC(C)(C)O2)ccc1OCc1ccnc(-c2ccccc2OC)n1. The summed E-state index contributed by atoms with van der Waals surface area (Å²) in [7, 11) is 1.61. The fourth-order valence-corrected chi connectivity index (χ4v) is 4.44. The number of aliphatic hydroxyl groups is 1. The number of para-hydroxylation sites is 1. The molecule has 3 aromatic rings. The first kappa shape index (κ1) is 28.5. The largest absolute Gasteiger partial charge is 0.496 e. The fraction of sp³-hybridized carbons (Fsp3) is 0.433. The summed E-state index contributed by atoms with van der Waals surface area (Å²) in [5.74, 6) is 0.540. The van der Waals surface area contributed by atoms with Crippen LogP contribution in [0.4, 0.5) is 0 Å². The molecular weight excluding hydrogens is 500 g/mol. The van der Waals surface area contributed by atoms with E-state index in [1.54, 1.807) is 26.3 Å². The first-order valence-electron chi connectivity index (χ1n) is 13.1. The maximum Gasteiger partial charge on any atom is 0.335 e. The van der Waals surface area contributed by atoms with Crippen LogP contribution in [0.25, 0.3) is 11.4 Å². The molecule has 0 saturated carbocycles. The van der Waals surface area contributed by atoms with Crippen molar-refractivity contribution in [2.24, 2.45) is 0 Å². The molecule has 4 rings (SSSR count). The van der Waals surface area contributed by atoms with E-state index in [4.69, 9.17) is 23.7 Å². The highest BCUT2D eigenvalue weighted by atomic mass is 16.7. The Morgan fingerprint density at radius 2 is 2.00 bits per heavy atom. The van der Waals surface area contributed by atoms with Gasteiger partial charge in [-0.3, -0.25) is 0 Å². The number of esters is 1. The summed E-state index contributed by atoms with van der Waals surface area (Å²) in [6.07, 6.45) is 2.00. The van der Waals surface area contributed by atoms with Gasteiger partial charge in [0.25, 0.3) is 0 Å². The number of aryl methyl sites for hydroxylation is 1. The average Bonchev–Trinajstić information content (AvgIpc) is 3.29. The van der Waals surface area contributed by atoms with Gasteiger partial charge in [0.05, 0.1) is 37.7 Å². The third-order valence-corrected chi connectivity index (χ3v) is 6.36. The predicted molar refractivity (Wildman–Crippen MR) is 144 cm³/mol. The van der Waals surface area contributed by atoms with Gasteiger partial charge in [0.15, 0.2) is 17.7 Å². The van der Waals surface area contributed by atoms with Gasteiger partial charge < -0.3 is 28.8 Å². The van der Waals surface area contributed by atoms with Crippen molar-refractivity contribution in [3.63, 3.8) is 0 Å². The number of hydrogen-bond donors (Lipinski definition) is 1. The number of carbonyl (C=O) groups excluding carboxylic acids is 1. The van der Waals surface area contributed by atoms with E-state index >= 15 is 0 Å². The third-order valence-electron chi connectivity index (χ3n) is 6.36. The van der Waals surface area contributed by atoms with Crippen LogP contribution in [0.3, 0.4) is 0 Å². The van der Waals surface area contributed by atoms with Gasteiger partial charge >= 0.3 is 5.97 Å². The first-order chi connectivity index (χ1) is 18.8. The van der Waals surface area contributed by atoms with Gasteiger partial charge in [0.1, 0.15) is 18.1 Å². The molecule has 1 fully saturated rings. The Morgan fingerprint density at radius 3 is 2.74 bits per heavy atom. The molecule has 2 atom stereocenters. The van der Waals surface area contributed by atoms with Crippen molar-refractivity contribution in [1.82, 2.24) is 9.97 Å². The van der Waals surface area contributed by atoms with E-state index in [2.05, 4.69) is 9.97 Å². The molecular formula is C30H36N2O7. The number of carbonyl (C=O) groups is 1. The predicted octanol–water partition coefficient (Wildman–Crippen LogP) is 4.28. The van der Waals surface area contributed by atoms with Gasteiger partial charge in [-0.15, -0.1) is 0 Å². The van der Waals surface area contributed by atoms with Crippen molar-refractivity contribution in [1.29, 1.82) is 0 Å². The molecule has 9 nitrogen and oxygen atoms in total. The number of benzene rings is 2. The van der Waals surface area contributed by atoms with Crippen LogP contribution in [-0.2, 0) is 38.5 Å². The van der Waals surface area contributed by atoms with Gasteiger partial charge in [-0.2, -0.15) is 0 Å². The normalized spacial score (nSPS) is 17.0. The highest BCUT2D eigenvalue weighted by molar-refractivity contribution is 5.75. The lowest BCUT2D eigenvalue weighted by molar-refractivity contribution is -0.152. The fourth-order valence-electron chi connectivity index (χ4n) is 4.44. The van der Waals surface area contributed by atoms with Crippen molar-refractivity contribution in [3.05, 3.63) is 71.5 Å². The molecule has 0 amide bonds. The third kappa shape index (κ3) is 7.75. The summed E-state index contributed by atoms with van der Waals surface area (Å²) >= 11 is 0. The number of methoxy groups -OCH3 is 1. The standard InChI is InChI=1S/C30H36N2O7/c1-5-36-29(34)25(33)17-21-16-20(10-12-23-19-38-30(2,3)39-23)11-13-26(21)37-18-22-14-15-31-28(32-22)24-8-6-7-9-27(24)35-4/h6-9,11,13-16,23,25,33H,5,10,12,17-19H2,1-4H3. The Labute approximate surface area is 229 Å². The van der Waals surface area contributed by atoms with Crippen LogP contribution in [0.2, 0.25) is 0 Å². The average molecular weight is 537 g/mol. The quantitative estimate of drug-likeness (QED) is 0.339. The van der Waals surface area contributed by atoms with Crippen LogP contribution in [0.15, 0.2) is 54.7 Å². The van der Waals surface area contributed by atoms with Crippen molar-refractivity contribution in [2.75, 3.05) is 20.3 Å². The maximum atomic E-state index is 12.1. The molecule has 1 aromatic heterocycles. The highest BCUT2D eigenvalue weighted by Crippen LogP contribution is 2.29. The Morgan fingerprint density at radius 1 is 1.18 bits per heavy atom. The number of hydrogen-bond acceptors (Lipinski definition) is 9. The van der Waals surface area contributed by atoms with E-state index in [0.29, 0.717) is 35.2 Å². The summed E-state index contributed by atoms with van der Waals surface area (Å²) in [6.45, 7) is 6.45. The molecule has 1 aliphatic heterocycles. The van der Waals surface area contributed by atoms with E-state index in [0.717, 1.165) is 24.0 Å². The molecule has 1 aliphatic rings. The zero-order valence-corrected chi connectivity index (χ0v) is 22.9. The minimum Gasteiger partial charge on any atom is -0.496 e. The molecule has 2 heterocycles. The van der Waals surface area contributed by atoms with Gasteiger partial charge in [0.2, 0.25) is 0 Å². The number of nitrogens with zero attached hydrogens (tertiary/aromatic N) is 2. The molecule has 1 N–H and O–H groups in total. The molecule has 2 aromatic carbocycles. The zero-order valence-electron chi connectivity index (χ0n) is 22.9. The molecule has 1 saturated heterocycles. The second-order valence-corrected chi connectivity index (χ2v) is 9.76. The summed E-state index contributed by atoms with van der Waals surface area (Å²) in [6, 6.07) is 15.1. The Bertz CT molecular complexity index is 1260. The topological polar surface area (TPSA) is 109 Å². The minimum atomic E-state index is -1.30. The molecule has 9 heteroatoms. The number of rotatable bonds is 12. The summed E-state index contributed by atoms with van der Waals surface area (Å²) in [5.41, 5.74) is 3.20. The van der Waals surface area contributed by atoms with Crippen molar-refractivity contribution < 1.29 is 33.6 Å². The van der Waals surface area contributed by atoms with E-state index < -0.39 is 17.9 Å². The monoisotopic (exact) mass is 536 g/mol. The Hall–Kier alpha value is -3.53. The van der Waals surface area contributed by atoms with E-state index in [-0.39, 0.29) is 25.7 Å². The number of ether oxygens (including phenoxy) is 5. The molecule has 0 aliphatic carbocycles. The second-order valence-electron chi connectivity index (χ2n) is 9.76. The summed E-state index contributed by atoms with van der Waals surface area (Å²) < 4.78 is 28.2. The lowest BCUT2D eigenvalue weighted by atomic mass is 10.00. The van der Waals surface area contributed by atoms with Crippen molar-refractivity contribution in [3.8, 4) is 22.9 Å². The van der Waals surface area contributed by atoms with E-state index in [1.807, 2.05) is 56.3 Å². The maximum absolute atomic E-state index is 12.1. The summed E-state index contributed by atoms with van der Waals surface area (Å²) in [5, 5.41) is 10.5. The second kappa shape index (κ2) is 13.0. The van der Waals surface area contributed by atoms with E-state index in [9.17, 15) is 9.90 Å². The molecule has 0 spiro atoms. The van der Waals surface area contributed by atoms with Crippen LogP contribution in [0, 0.1) is 0 Å². The van der Waals surface area contributed by atoms with Crippen LogP contribution in [0.5, 0.6) is 11.5 Å². The number of aromatic nitrogens is 2. The van der Waals surface area contributed by atoms with Crippen LogP contribution in [-0.4, -0.2) is 59.4 Å². The van der Waals surface area contributed by atoms with Crippen LogP contribution in [0.1, 0.15) is 44.0 Å². The lowest BCUT2D eigenvalue weighted by Gasteiger charge is -2.18. The zero-order chi connectivity index (χ0) is 27.8. The van der Waals surface area contributed by atoms with E-state index in [1.165, 1.54) is 0 Å². The van der Waals surface area contributed by atoms with Gasteiger partial charge in [0, 0.05) is 12.6 Å². The number of aliphatic hydroxyl groups excluding tert-OH is 1. The Balaban J connectivity index is 1.49. The minimum absolute atomic E-state index is 0.0136. The molecule has 2 unspecified atom stereocenters. The molecule has 208 valence electrons. The van der Waals surface area contributed by atoms with Crippen LogP contribution >= 0.6 is 0 Å².